The highest BCUT2D eigenvalue weighted by Gasteiger charge is 2.21. The van der Waals surface area contributed by atoms with E-state index in [1.807, 2.05) is 7.05 Å². The van der Waals surface area contributed by atoms with E-state index in [1.54, 1.807) is 6.07 Å². The number of halogens is 1. The Bertz CT molecular complexity index is 453. The number of hydrogen-bond acceptors (Lipinski definition) is 4. The van der Waals surface area contributed by atoms with E-state index in [0.29, 0.717) is 11.1 Å². The number of rotatable bonds is 4. The molecular weight excluding hydrogens is 254 g/mol. The third-order valence-electron chi connectivity index (χ3n) is 3.32. The molecule has 0 saturated carbocycles. The number of nitrogens with one attached hydrogen (secondary N) is 1. The highest BCUT2D eigenvalue weighted by molar-refractivity contribution is 6.31. The van der Waals surface area contributed by atoms with Crippen molar-refractivity contribution in [2.75, 3.05) is 20.1 Å². The Hall–Kier alpha value is -1.17. The second-order valence-electron chi connectivity index (χ2n) is 4.54. The number of likely N-dealkylation sites (tertiary alicyclic amines) is 1. The molecule has 98 valence electrons. The molecule has 0 bridgehead atoms. The first-order valence-corrected chi connectivity index (χ1v) is 6.30. The van der Waals surface area contributed by atoms with Gasteiger partial charge in [-0.1, -0.05) is 11.6 Å². The van der Waals surface area contributed by atoms with Gasteiger partial charge in [0.25, 0.3) is 5.69 Å². The molecule has 0 spiro atoms. The van der Waals surface area contributed by atoms with Crippen molar-refractivity contribution in [2.45, 2.75) is 19.0 Å². The monoisotopic (exact) mass is 269 g/mol. The number of likely N-dealkylation sites (N-methyl/N-ethyl adjacent to an activating group) is 1. The van der Waals surface area contributed by atoms with Crippen LogP contribution < -0.4 is 5.32 Å². The summed E-state index contributed by atoms with van der Waals surface area (Å²) in [6.07, 6.45) is 1.13. The Morgan fingerprint density at radius 2 is 2.39 bits per heavy atom. The zero-order valence-electron chi connectivity index (χ0n) is 10.2. The molecule has 1 aromatic rings. The van der Waals surface area contributed by atoms with E-state index in [4.69, 9.17) is 11.6 Å². The number of nitro groups is 1. The lowest BCUT2D eigenvalue weighted by Crippen LogP contribution is -2.29. The molecule has 1 fully saturated rings. The molecule has 1 aliphatic rings. The van der Waals surface area contributed by atoms with E-state index in [1.165, 1.54) is 12.1 Å². The highest BCUT2D eigenvalue weighted by Crippen LogP contribution is 2.24. The van der Waals surface area contributed by atoms with Crippen LogP contribution in [0.15, 0.2) is 18.2 Å². The topological polar surface area (TPSA) is 58.4 Å². The van der Waals surface area contributed by atoms with Gasteiger partial charge in [0.1, 0.15) is 0 Å². The summed E-state index contributed by atoms with van der Waals surface area (Å²) in [6, 6.07) is 5.20. The first-order valence-electron chi connectivity index (χ1n) is 5.92. The van der Waals surface area contributed by atoms with Crippen LogP contribution in [-0.2, 0) is 6.54 Å². The lowest BCUT2D eigenvalue weighted by Gasteiger charge is -2.16. The van der Waals surface area contributed by atoms with E-state index >= 15 is 0 Å². The molecule has 1 aromatic carbocycles. The fourth-order valence-corrected chi connectivity index (χ4v) is 2.47. The van der Waals surface area contributed by atoms with Gasteiger partial charge in [-0.15, -0.1) is 0 Å². The lowest BCUT2D eigenvalue weighted by atomic mass is 10.2. The van der Waals surface area contributed by atoms with Crippen LogP contribution in [0.2, 0.25) is 5.02 Å². The minimum absolute atomic E-state index is 0.0401. The Kier molecular flexibility index (Phi) is 4.16. The van der Waals surface area contributed by atoms with Gasteiger partial charge >= 0.3 is 0 Å². The van der Waals surface area contributed by atoms with Crippen molar-refractivity contribution in [1.29, 1.82) is 0 Å². The Balaban J connectivity index is 2.04. The van der Waals surface area contributed by atoms with E-state index < -0.39 is 4.92 Å². The third-order valence-corrected chi connectivity index (χ3v) is 3.67. The van der Waals surface area contributed by atoms with E-state index in [9.17, 15) is 10.1 Å². The van der Waals surface area contributed by atoms with Gasteiger partial charge in [-0.25, -0.2) is 0 Å². The average Bonchev–Trinajstić information content (AvgIpc) is 2.79. The minimum atomic E-state index is -0.428. The van der Waals surface area contributed by atoms with Crippen LogP contribution in [0.5, 0.6) is 0 Å². The summed E-state index contributed by atoms with van der Waals surface area (Å²) < 4.78 is 0. The summed E-state index contributed by atoms with van der Waals surface area (Å²) >= 11 is 6.08. The summed E-state index contributed by atoms with van der Waals surface area (Å²) in [5, 5.41) is 14.3. The zero-order valence-corrected chi connectivity index (χ0v) is 11.0. The summed E-state index contributed by atoms with van der Waals surface area (Å²) in [7, 11) is 1.97. The van der Waals surface area contributed by atoms with Crippen molar-refractivity contribution in [3.63, 3.8) is 0 Å². The van der Waals surface area contributed by atoms with E-state index in [2.05, 4.69) is 10.2 Å². The SMILES string of the molecule is CNC1CCN(Cc2ccc([N+](=O)[O-])cc2Cl)C1. The smallest absolute Gasteiger partial charge is 0.270 e. The lowest BCUT2D eigenvalue weighted by molar-refractivity contribution is -0.384. The molecule has 1 unspecified atom stereocenters. The molecule has 2 rings (SSSR count). The van der Waals surface area contributed by atoms with Gasteiger partial charge in [0.2, 0.25) is 0 Å². The molecule has 0 aromatic heterocycles. The van der Waals surface area contributed by atoms with Gasteiger partial charge < -0.3 is 5.32 Å². The maximum absolute atomic E-state index is 10.6. The molecule has 0 amide bonds. The van der Waals surface area contributed by atoms with Crippen molar-refractivity contribution >= 4 is 17.3 Å². The molecule has 6 heteroatoms. The summed E-state index contributed by atoms with van der Waals surface area (Å²) in [5.41, 5.74) is 0.984. The first kappa shape index (κ1) is 13.3. The number of hydrogen-bond donors (Lipinski definition) is 1. The van der Waals surface area contributed by atoms with Crippen molar-refractivity contribution in [3.05, 3.63) is 38.9 Å². The molecular formula is C12H16ClN3O2. The second-order valence-corrected chi connectivity index (χ2v) is 4.95. The molecule has 1 saturated heterocycles. The van der Waals surface area contributed by atoms with Gasteiger partial charge in [-0.3, -0.25) is 15.0 Å². The van der Waals surface area contributed by atoms with Crippen LogP contribution in [0.1, 0.15) is 12.0 Å². The predicted octanol–water partition coefficient (Wildman–Crippen LogP) is 2.04. The highest BCUT2D eigenvalue weighted by atomic mass is 35.5. The zero-order chi connectivity index (χ0) is 13.1. The van der Waals surface area contributed by atoms with Gasteiger partial charge in [0.05, 0.1) is 9.95 Å². The van der Waals surface area contributed by atoms with E-state index in [0.717, 1.165) is 31.6 Å². The number of non-ortho nitro benzene ring substituents is 1. The second kappa shape index (κ2) is 5.65. The van der Waals surface area contributed by atoms with Crippen LogP contribution in [0.25, 0.3) is 0 Å². The van der Waals surface area contributed by atoms with Gasteiger partial charge in [-0.05, 0) is 25.1 Å². The maximum Gasteiger partial charge on any atom is 0.270 e. The average molecular weight is 270 g/mol. The van der Waals surface area contributed by atoms with Crippen LogP contribution >= 0.6 is 11.6 Å². The Morgan fingerprint density at radius 1 is 1.61 bits per heavy atom. The molecule has 0 aliphatic carbocycles. The predicted molar refractivity (Wildman–Crippen MR) is 70.8 cm³/mol. The van der Waals surface area contributed by atoms with Crippen molar-refractivity contribution in [2.24, 2.45) is 0 Å². The Labute approximate surface area is 111 Å². The standard InChI is InChI=1S/C12H16ClN3O2/c1-14-10-4-5-15(8-10)7-9-2-3-11(16(17)18)6-12(9)13/h2-3,6,10,14H,4-5,7-8H2,1H3. The number of benzene rings is 1. The van der Waals surface area contributed by atoms with Crippen molar-refractivity contribution < 1.29 is 4.92 Å². The largest absolute Gasteiger partial charge is 0.316 e. The van der Waals surface area contributed by atoms with Crippen molar-refractivity contribution in [3.8, 4) is 0 Å². The molecule has 0 radical (unpaired) electrons. The molecule has 1 atom stereocenters. The molecule has 1 heterocycles. The quantitative estimate of drug-likeness (QED) is 0.671. The molecule has 5 nitrogen and oxygen atoms in total. The van der Waals surface area contributed by atoms with E-state index in [-0.39, 0.29) is 5.69 Å². The number of nitro benzene ring substituents is 1. The Morgan fingerprint density at radius 3 is 2.94 bits per heavy atom. The van der Waals surface area contributed by atoms with Crippen LogP contribution in [0.3, 0.4) is 0 Å². The summed E-state index contributed by atoms with van der Waals surface area (Å²) in [4.78, 5) is 12.5. The summed E-state index contributed by atoms with van der Waals surface area (Å²) in [6.45, 7) is 2.76. The fraction of sp³-hybridized carbons (Fsp3) is 0.500. The van der Waals surface area contributed by atoms with Crippen molar-refractivity contribution in [1.82, 2.24) is 10.2 Å². The molecule has 1 N–H and O–H groups in total. The maximum atomic E-state index is 10.6. The van der Waals surface area contributed by atoms with Gasteiger partial charge in [0.15, 0.2) is 0 Å². The van der Waals surface area contributed by atoms with Crippen LogP contribution in [-0.4, -0.2) is 36.0 Å². The first-order chi connectivity index (χ1) is 8.60. The molecule has 1 aliphatic heterocycles. The van der Waals surface area contributed by atoms with Crippen LogP contribution in [0, 0.1) is 10.1 Å². The molecule has 18 heavy (non-hydrogen) atoms. The normalized spacial score (nSPS) is 20.2. The fourth-order valence-electron chi connectivity index (χ4n) is 2.23. The van der Waals surface area contributed by atoms with Gasteiger partial charge in [0, 0.05) is 37.8 Å². The third kappa shape index (κ3) is 2.98. The van der Waals surface area contributed by atoms with Crippen LogP contribution in [0.4, 0.5) is 5.69 Å². The minimum Gasteiger partial charge on any atom is -0.316 e. The van der Waals surface area contributed by atoms with Gasteiger partial charge in [-0.2, -0.15) is 0 Å². The summed E-state index contributed by atoms with van der Waals surface area (Å²) in [5.74, 6) is 0. The number of nitrogens with zero attached hydrogens (tertiary/aromatic N) is 2.